The first-order chi connectivity index (χ1) is 10.5. The second-order valence-corrected chi connectivity index (χ2v) is 7.30. The van der Waals surface area contributed by atoms with Crippen molar-refractivity contribution in [3.63, 3.8) is 0 Å². The number of benzene rings is 2. The molecular weight excluding hydrogens is 387 g/mol. The van der Waals surface area contributed by atoms with Gasteiger partial charge in [-0.25, -0.2) is 0 Å². The second kappa shape index (κ2) is 6.40. The topological polar surface area (TPSA) is 29.5 Å². The molecule has 1 heterocycles. The molecule has 2 aromatic carbocycles. The van der Waals surface area contributed by atoms with Crippen LogP contribution in [0.15, 0.2) is 34.8 Å². The van der Waals surface area contributed by atoms with Crippen LogP contribution in [-0.2, 0) is 6.42 Å². The predicted octanol–water partition coefficient (Wildman–Crippen LogP) is 5.35. The Labute approximate surface area is 148 Å². The smallest absolute Gasteiger partial charge is 0.139 e. The number of ether oxygens (including phenoxy) is 1. The van der Waals surface area contributed by atoms with E-state index in [1.54, 1.807) is 6.07 Å². The largest absolute Gasteiger partial charge is 0.492 e. The van der Waals surface area contributed by atoms with Gasteiger partial charge in [-0.3, -0.25) is 0 Å². The summed E-state index contributed by atoms with van der Waals surface area (Å²) < 4.78 is 6.74. The highest BCUT2D eigenvalue weighted by molar-refractivity contribution is 9.10. The van der Waals surface area contributed by atoms with Crippen LogP contribution in [0.2, 0.25) is 10.0 Å². The zero-order chi connectivity index (χ0) is 15.9. The van der Waals surface area contributed by atoms with Gasteiger partial charge in [0.25, 0.3) is 0 Å². The normalized spacial score (nSPS) is 20.4. The maximum atomic E-state index is 10.7. The first-order valence-electron chi connectivity index (χ1n) is 7.00. The summed E-state index contributed by atoms with van der Waals surface area (Å²) in [4.78, 5) is 0. The summed E-state index contributed by atoms with van der Waals surface area (Å²) in [6, 6.07) is 9.53. The third-order valence-corrected chi connectivity index (χ3v) is 5.23. The van der Waals surface area contributed by atoms with Gasteiger partial charge in [-0.1, -0.05) is 29.3 Å². The van der Waals surface area contributed by atoms with Crippen molar-refractivity contribution in [2.45, 2.75) is 19.4 Å². The summed E-state index contributed by atoms with van der Waals surface area (Å²) in [5.74, 6) is 0.724. The molecule has 3 rings (SSSR count). The molecule has 0 radical (unpaired) electrons. The van der Waals surface area contributed by atoms with Crippen molar-refractivity contribution in [2.75, 3.05) is 6.61 Å². The highest BCUT2D eigenvalue weighted by Crippen LogP contribution is 2.42. The number of aliphatic hydroxyl groups is 1. The number of halogens is 3. The molecule has 1 aliphatic rings. The Morgan fingerprint density at radius 3 is 2.73 bits per heavy atom. The van der Waals surface area contributed by atoms with Gasteiger partial charge >= 0.3 is 0 Å². The van der Waals surface area contributed by atoms with E-state index in [9.17, 15) is 5.11 Å². The van der Waals surface area contributed by atoms with E-state index in [0.717, 1.165) is 26.9 Å². The molecule has 0 aromatic heterocycles. The van der Waals surface area contributed by atoms with Crippen molar-refractivity contribution in [1.82, 2.24) is 0 Å². The molecular formula is C17H15BrCl2O2. The van der Waals surface area contributed by atoms with Crippen molar-refractivity contribution in [3.05, 3.63) is 61.5 Å². The Balaban J connectivity index is 1.86. The van der Waals surface area contributed by atoms with Gasteiger partial charge in [0.1, 0.15) is 5.75 Å². The maximum absolute atomic E-state index is 10.7. The number of fused-ring (bicyclic) bond motifs is 1. The van der Waals surface area contributed by atoms with Crippen LogP contribution >= 0.6 is 39.1 Å². The fourth-order valence-corrected chi connectivity index (χ4v) is 3.83. The Kier molecular flexibility index (Phi) is 4.69. The molecule has 22 heavy (non-hydrogen) atoms. The molecule has 1 aliphatic heterocycles. The summed E-state index contributed by atoms with van der Waals surface area (Å²) >= 11 is 15.5. The van der Waals surface area contributed by atoms with Crippen LogP contribution in [0.3, 0.4) is 0 Å². The minimum atomic E-state index is -0.561. The van der Waals surface area contributed by atoms with Gasteiger partial charge in [-0.2, -0.15) is 0 Å². The quantitative estimate of drug-likeness (QED) is 0.734. The maximum Gasteiger partial charge on any atom is 0.139 e. The van der Waals surface area contributed by atoms with E-state index in [1.165, 1.54) is 0 Å². The standard InChI is InChI=1S/C17H15BrCl2O2/c1-9-4-12-16(21)11(8-22-17(12)13(18)5-9)6-10-2-3-14(19)15(20)7-10/h2-5,7,11,16,21H,6,8H2,1H3/t11-,16-/m1/s1. The molecule has 2 nitrogen and oxygen atoms in total. The van der Waals surface area contributed by atoms with Crippen LogP contribution in [0, 0.1) is 12.8 Å². The van der Waals surface area contributed by atoms with E-state index in [0.29, 0.717) is 23.1 Å². The number of hydrogen-bond acceptors (Lipinski definition) is 2. The minimum Gasteiger partial charge on any atom is -0.492 e. The van der Waals surface area contributed by atoms with Crippen LogP contribution in [0.4, 0.5) is 0 Å². The summed E-state index contributed by atoms with van der Waals surface area (Å²) in [6.07, 6.45) is 0.123. The van der Waals surface area contributed by atoms with E-state index in [2.05, 4.69) is 15.9 Å². The molecule has 0 unspecified atom stereocenters. The highest BCUT2D eigenvalue weighted by atomic mass is 79.9. The van der Waals surface area contributed by atoms with Crippen molar-refractivity contribution >= 4 is 39.1 Å². The molecule has 1 N–H and O–H groups in total. The van der Waals surface area contributed by atoms with Crippen LogP contribution in [0.5, 0.6) is 5.75 Å². The third-order valence-electron chi connectivity index (χ3n) is 3.91. The first kappa shape index (κ1) is 16.1. The lowest BCUT2D eigenvalue weighted by molar-refractivity contribution is 0.0502. The number of aryl methyl sites for hydroxylation is 1. The van der Waals surface area contributed by atoms with Gasteiger partial charge < -0.3 is 9.84 Å². The molecule has 0 fully saturated rings. The van der Waals surface area contributed by atoms with Crippen molar-refractivity contribution < 1.29 is 9.84 Å². The fraction of sp³-hybridized carbons (Fsp3) is 0.294. The lowest BCUT2D eigenvalue weighted by atomic mass is 9.87. The Hall–Kier alpha value is -0.740. The van der Waals surface area contributed by atoms with E-state index >= 15 is 0 Å². The van der Waals surface area contributed by atoms with Crippen LogP contribution in [0.25, 0.3) is 0 Å². The predicted molar refractivity (Wildman–Crippen MR) is 93.0 cm³/mol. The molecule has 0 saturated heterocycles. The van der Waals surface area contributed by atoms with E-state index in [4.69, 9.17) is 27.9 Å². The molecule has 0 spiro atoms. The van der Waals surface area contributed by atoms with Gasteiger partial charge in [0, 0.05) is 11.5 Å². The Morgan fingerprint density at radius 1 is 1.23 bits per heavy atom. The van der Waals surface area contributed by atoms with Crippen LogP contribution < -0.4 is 4.74 Å². The SMILES string of the molecule is Cc1cc(Br)c2c(c1)[C@H](O)[C@H](Cc1ccc(Cl)c(Cl)c1)CO2. The summed E-state index contributed by atoms with van der Waals surface area (Å²) in [5, 5.41) is 11.8. The molecule has 0 bridgehead atoms. The Bertz CT molecular complexity index is 718. The summed E-state index contributed by atoms with van der Waals surface area (Å²) in [6.45, 7) is 2.47. The molecule has 2 aromatic rings. The van der Waals surface area contributed by atoms with Crippen molar-refractivity contribution in [2.24, 2.45) is 5.92 Å². The number of aliphatic hydroxyl groups excluding tert-OH is 1. The van der Waals surface area contributed by atoms with Crippen LogP contribution in [0.1, 0.15) is 22.8 Å². The average Bonchev–Trinajstić information content (AvgIpc) is 2.46. The van der Waals surface area contributed by atoms with E-state index < -0.39 is 6.10 Å². The third kappa shape index (κ3) is 3.13. The lowest BCUT2D eigenvalue weighted by Crippen LogP contribution is -2.28. The molecule has 116 valence electrons. The van der Waals surface area contributed by atoms with Gasteiger partial charge in [0.15, 0.2) is 0 Å². The molecule has 0 saturated carbocycles. The van der Waals surface area contributed by atoms with Crippen molar-refractivity contribution in [1.29, 1.82) is 0 Å². The summed E-state index contributed by atoms with van der Waals surface area (Å²) in [7, 11) is 0. The number of rotatable bonds is 2. The number of hydrogen-bond donors (Lipinski definition) is 1. The van der Waals surface area contributed by atoms with E-state index in [-0.39, 0.29) is 5.92 Å². The van der Waals surface area contributed by atoms with Gasteiger partial charge in [-0.15, -0.1) is 0 Å². The lowest BCUT2D eigenvalue weighted by Gasteiger charge is -2.31. The summed E-state index contributed by atoms with van der Waals surface area (Å²) in [5.41, 5.74) is 2.96. The zero-order valence-electron chi connectivity index (χ0n) is 11.9. The van der Waals surface area contributed by atoms with E-state index in [1.807, 2.05) is 31.2 Å². The monoisotopic (exact) mass is 400 g/mol. The van der Waals surface area contributed by atoms with Crippen molar-refractivity contribution in [3.8, 4) is 5.75 Å². The average molecular weight is 402 g/mol. The van der Waals surface area contributed by atoms with Gasteiger partial charge in [0.2, 0.25) is 0 Å². The second-order valence-electron chi connectivity index (χ2n) is 5.63. The Morgan fingerprint density at radius 2 is 2.00 bits per heavy atom. The molecule has 5 heteroatoms. The first-order valence-corrected chi connectivity index (χ1v) is 8.55. The van der Waals surface area contributed by atoms with Crippen LogP contribution in [-0.4, -0.2) is 11.7 Å². The molecule has 0 amide bonds. The fourth-order valence-electron chi connectivity index (χ4n) is 2.80. The molecule has 0 aliphatic carbocycles. The minimum absolute atomic E-state index is 0.0153. The molecule has 2 atom stereocenters. The highest BCUT2D eigenvalue weighted by Gasteiger charge is 2.31. The van der Waals surface area contributed by atoms with Gasteiger partial charge in [0.05, 0.1) is 27.2 Å². The van der Waals surface area contributed by atoms with Gasteiger partial charge in [-0.05, 0) is 64.7 Å². The zero-order valence-corrected chi connectivity index (χ0v) is 15.0.